The first kappa shape index (κ1) is 13.2. The van der Waals surface area contributed by atoms with E-state index in [4.69, 9.17) is 10.5 Å². The fourth-order valence-electron chi connectivity index (χ4n) is 1.83. The Hall–Kier alpha value is -0.820. The SMILES string of the molecule is CCO[C@@]1(C(F)(F)F)CCN(C(=O)CN)C1. The quantitative estimate of drug-likeness (QED) is 0.782. The smallest absolute Gasteiger partial charge is 0.364 e. The van der Waals surface area contributed by atoms with Crippen molar-refractivity contribution < 1.29 is 22.7 Å². The van der Waals surface area contributed by atoms with Gasteiger partial charge in [0.1, 0.15) is 0 Å². The van der Waals surface area contributed by atoms with Crippen LogP contribution in [0.25, 0.3) is 0 Å². The van der Waals surface area contributed by atoms with Crippen LogP contribution in [-0.4, -0.2) is 48.8 Å². The van der Waals surface area contributed by atoms with Crippen LogP contribution in [-0.2, 0) is 9.53 Å². The van der Waals surface area contributed by atoms with E-state index in [1.165, 1.54) is 6.92 Å². The molecule has 1 heterocycles. The van der Waals surface area contributed by atoms with Crippen LogP contribution in [0.3, 0.4) is 0 Å². The highest BCUT2D eigenvalue weighted by Gasteiger charge is 2.59. The van der Waals surface area contributed by atoms with Crippen molar-refractivity contribution in [3.63, 3.8) is 0 Å². The molecular formula is C9H15F3N2O2. The van der Waals surface area contributed by atoms with Gasteiger partial charge in [0.25, 0.3) is 0 Å². The zero-order valence-electron chi connectivity index (χ0n) is 9.01. The minimum absolute atomic E-state index is 0.0372. The molecule has 4 nitrogen and oxygen atoms in total. The molecule has 1 rings (SSSR count). The van der Waals surface area contributed by atoms with Crippen LogP contribution in [0.5, 0.6) is 0 Å². The van der Waals surface area contributed by atoms with Crippen LogP contribution < -0.4 is 5.73 Å². The third-order valence-electron chi connectivity index (χ3n) is 2.70. The molecule has 2 N–H and O–H groups in total. The normalized spacial score (nSPS) is 26.2. The molecule has 94 valence electrons. The van der Waals surface area contributed by atoms with Gasteiger partial charge in [-0.1, -0.05) is 0 Å². The number of nitrogens with two attached hydrogens (primary N) is 1. The Balaban J connectivity index is 2.80. The summed E-state index contributed by atoms with van der Waals surface area (Å²) in [5, 5.41) is 0. The molecule has 0 radical (unpaired) electrons. The molecular weight excluding hydrogens is 225 g/mol. The zero-order valence-corrected chi connectivity index (χ0v) is 9.01. The lowest BCUT2D eigenvalue weighted by Crippen LogP contribution is -2.50. The number of rotatable bonds is 3. The van der Waals surface area contributed by atoms with Crippen molar-refractivity contribution in [2.24, 2.45) is 5.73 Å². The third kappa shape index (κ3) is 2.30. The number of nitrogens with zero attached hydrogens (tertiary/aromatic N) is 1. The number of halogens is 3. The topological polar surface area (TPSA) is 55.6 Å². The molecule has 1 saturated heterocycles. The van der Waals surface area contributed by atoms with E-state index in [-0.39, 0.29) is 26.1 Å². The maximum Gasteiger partial charge on any atom is 0.419 e. The molecule has 7 heteroatoms. The predicted octanol–water partition coefficient (Wildman–Crippen LogP) is 0.515. The second-order valence-electron chi connectivity index (χ2n) is 3.69. The molecule has 16 heavy (non-hydrogen) atoms. The number of hydrogen-bond donors (Lipinski definition) is 1. The van der Waals surface area contributed by atoms with Gasteiger partial charge in [-0.2, -0.15) is 13.2 Å². The summed E-state index contributed by atoms with van der Waals surface area (Å²) in [5.41, 5.74) is 2.89. The summed E-state index contributed by atoms with van der Waals surface area (Å²) in [6.07, 6.45) is -4.69. The van der Waals surface area contributed by atoms with Crippen LogP contribution in [0.15, 0.2) is 0 Å². The number of amides is 1. The molecule has 0 aliphatic carbocycles. The average molecular weight is 240 g/mol. The Morgan fingerprint density at radius 1 is 1.56 bits per heavy atom. The van der Waals surface area contributed by atoms with Crippen molar-refractivity contribution in [2.45, 2.75) is 25.1 Å². The lowest BCUT2D eigenvalue weighted by atomic mass is 10.0. The maximum absolute atomic E-state index is 12.8. The first-order valence-corrected chi connectivity index (χ1v) is 5.05. The summed E-state index contributed by atoms with van der Waals surface area (Å²) in [6.45, 7) is 0.765. The van der Waals surface area contributed by atoms with Gasteiger partial charge in [0.05, 0.1) is 13.1 Å². The Bertz CT molecular complexity index is 270. The number of hydrogen-bond acceptors (Lipinski definition) is 3. The van der Waals surface area contributed by atoms with Gasteiger partial charge >= 0.3 is 6.18 Å². The van der Waals surface area contributed by atoms with Crippen LogP contribution in [0.2, 0.25) is 0 Å². The zero-order chi connectivity index (χ0) is 12.4. The first-order chi connectivity index (χ1) is 7.36. The second-order valence-corrected chi connectivity index (χ2v) is 3.69. The largest absolute Gasteiger partial charge is 0.419 e. The highest BCUT2D eigenvalue weighted by atomic mass is 19.4. The van der Waals surface area contributed by atoms with Crippen molar-refractivity contribution in [3.05, 3.63) is 0 Å². The minimum Gasteiger partial charge on any atom is -0.364 e. The van der Waals surface area contributed by atoms with E-state index in [0.29, 0.717) is 0 Å². The Kier molecular flexibility index (Phi) is 3.80. The first-order valence-electron chi connectivity index (χ1n) is 5.05. The Labute approximate surface area is 91.5 Å². The number of ether oxygens (including phenoxy) is 1. The van der Waals surface area contributed by atoms with Crippen LogP contribution in [0.1, 0.15) is 13.3 Å². The van der Waals surface area contributed by atoms with E-state index in [0.717, 1.165) is 4.90 Å². The average Bonchev–Trinajstić information content (AvgIpc) is 2.62. The molecule has 0 spiro atoms. The van der Waals surface area contributed by atoms with E-state index in [1.54, 1.807) is 0 Å². The van der Waals surface area contributed by atoms with Crippen molar-refractivity contribution >= 4 is 5.91 Å². The molecule has 1 aliphatic rings. The summed E-state index contributed by atoms with van der Waals surface area (Å²) in [5.74, 6) is -0.481. The summed E-state index contributed by atoms with van der Waals surface area (Å²) in [6, 6.07) is 0. The van der Waals surface area contributed by atoms with Gasteiger partial charge in [0.15, 0.2) is 5.60 Å². The van der Waals surface area contributed by atoms with Crippen molar-refractivity contribution in [3.8, 4) is 0 Å². The van der Waals surface area contributed by atoms with Crippen LogP contribution in [0.4, 0.5) is 13.2 Å². The predicted molar refractivity (Wildman–Crippen MR) is 50.7 cm³/mol. The van der Waals surface area contributed by atoms with Crippen LogP contribution >= 0.6 is 0 Å². The van der Waals surface area contributed by atoms with E-state index in [9.17, 15) is 18.0 Å². The fourth-order valence-corrected chi connectivity index (χ4v) is 1.83. The summed E-state index contributed by atoms with van der Waals surface area (Å²) in [7, 11) is 0. The van der Waals surface area contributed by atoms with E-state index < -0.39 is 24.2 Å². The van der Waals surface area contributed by atoms with Gasteiger partial charge in [-0.15, -0.1) is 0 Å². The summed E-state index contributed by atoms with van der Waals surface area (Å²) < 4.78 is 43.4. The molecule has 1 aliphatic heterocycles. The molecule has 0 aromatic rings. The van der Waals surface area contributed by atoms with Gasteiger partial charge < -0.3 is 15.4 Å². The lowest BCUT2D eigenvalue weighted by molar-refractivity contribution is -0.270. The summed E-state index contributed by atoms with van der Waals surface area (Å²) >= 11 is 0. The highest BCUT2D eigenvalue weighted by Crippen LogP contribution is 2.40. The number of carbonyl (C=O) groups excluding carboxylic acids is 1. The molecule has 0 saturated carbocycles. The molecule has 0 bridgehead atoms. The van der Waals surface area contributed by atoms with Crippen molar-refractivity contribution in [2.75, 3.05) is 26.2 Å². The molecule has 0 aromatic carbocycles. The summed E-state index contributed by atoms with van der Waals surface area (Å²) in [4.78, 5) is 12.3. The maximum atomic E-state index is 12.8. The third-order valence-corrected chi connectivity index (χ3v) is 2.70. The molecule has 1 atom stereocenters. The monoisotopic (exact) mass is 240 g/mol. The fraction of sp³-hybridized carbons (Fsp3) is 0.889. The number of likely N-dealkylation sites (tertiary alicyclic amines) is 1. The van der Waals surface area contributed by atoms with E-state index in [2.05, 4.69) is 0 Å². The van der Waals surface area contributed by atoms with Crippen molar-refractivity contribution in [1.82, 2.24) is 4.90 Å². The van der Waals surface area contributed by atoms with Gasteiger partial charge in [-0.3, -0.25) is 4.79 Å². The second kappa shape index (κ2) is 4.58. The van der Waals surface area contributed by atoms with Gasteiger partial charge in [-0.05, 0) is 6.92 Å². The lowest BCUT2D eigenvalue weighted by Gasteiger charge is -2.31. The Morgan fingerprint density at radius 2 is 2.19 bits per heavy atom. The number of carbonyl (C=O) groups is 1. The van der Waals surface area contributed by atoms with E-state index >= 15 is 0 Å². The molecule has 1 amide bonds. The number of alkyl halides is 3. The van der Waals surface area contributed by atoms with Gasteiger partial charge in [0, 0.05) is 19.6 Å². The minimum atomic E-state index is -4.47. The van der Waals surface area contributed by atoms with Gasteiger partial charge in [-0.25, -0.2) is 0 Å². The van der Waals surface area contributed by atoms with Crippen molar-refractivity contribution in [1.29, 1.82) is 0 Å². The van der Waals surface area contributed by atoms with Crippen LogP contribution in [0, 0.1) is 0 Å². The standard InChI is InChI=1S/C9H15F3N2O2/c1-2-16-8(9(10,11)12)3-4-14(6-8)7(15)5-13/h2-6,13H2,1H3/t8-/m0/s1. The molecule has 1 fully saturated rings. The molecule has 0 unspecified atom stereocenters. The van der Waals surface area contributed by atoms with Gasteiger partial charge in [0.2, 0.25) is 5.91 Å². The Morgan fingerprint density at radius 3 is 2.62 bits per heavy atom. The highest BCUT2D eigenvalue weighted by molar-refractivity contribution is 5.78. The molecule has 0 aromatic heterocycles. The van der Waals surface area contributed by atoms with E-state index in [1.807, 2.05) is 0 Å².